The molecule has 1 N–H and O–H groups in total. The van der Waals surface area contributed by atoms with Crippen LogP contribution in [0.1, 0.15) is 37.3 Å². The van der Waals surface area contributed by atoms with Gasteiger partial charge in [-0.15, -0.1) is 0 Å². The van der Waals surface area contributed by atoms with Crippen LogP contribution in [0.2, 0.25) is 0 Å². The molecule has 0 unspecified atom stereocenters. The van der Waals surface area contributed by atoms with E-state index in [0.29, 0.717) is 6.61 Å². The van der Waals surface area contributed by atoms with Gasteiger partial charge in [0.2, 0.25) is 0 Å². The maximum absolute atomic E-state index is 10.1. The van der Waals surface area contributed by atoms with Crippen LogP contribution in [0.15, 0.2) is 24.3 Å². The third-order valence-corrected chi connectivity index (χ3v) is 2.82. The summed E-state index contributed by atoms with van der Waals surface area (Å²) in [6.45, 7) is 2.48. The molecule has 94 valence electrons. The highest BCUT2D eigenvalue weighted by Crippen LogP contribution is 2.13. The molecule has 0 aliphatic carbocycles. The van der Waals surface area contributed by atoms with E-state index < -0.39 is 6.16 Å². The Balaban J connectivity index is 2.19. The summed E-state index contributed by atoms with van der Waals surface area (Å²) < 4.78 is 4.46. The van der Waals surface area contributed by atoms with Gasteiger partial charge in [-0.05, 0) is 43.2 Å². The number of benzene rings is 1. The molecule has 0 aliphatic rings. The normalized spacial score (nSPS) is 10.2. The molecular formula is C14H20O3. The molecule has 0 aliphatic heterocycles. The van der Waals surface area contributed by atoms with Crippen LogP contribution in [-0.4, -0.2) is 17.9 Å². The van der Waals surface area contributed by atoms with E-state index >= 15 is 0 Å². The van der Waals surface area contributed by atoms with Gasteiger partial charge < -0.3 is 9.84 Å². The molecule has 3 nitrogen and oxygen atoms in total. The molecular weight excluding hydrogens is 216 g/mol. The van der Waals surface area contributed by atoms with Crippen molar-refractivity contribution in [3.63, 3.8) is 0 Å². The van der Waals surface area contributed by atoms with Gasteiger partial charge in [0.05, 0.1) is 6.61 Å². The molecule has 0 saturated carbocycles. The fraction of sp³-hybridized carbons (Fsp3) is 0.500. The third-order valence-electron chi connectivity index (χ3n) is 2.82. The largest absolute Gasteiger partial charge is 0.505 e. The molecule has 1 rings (SSSR count). The minimum Gasteiger partial charge on any atom is -0.450 e. The lowest BCUT2D eigenvalue weighted by Gasteiger charge is -2.07. The van der Waals surface area contributed by atoms with E-state index in [1.54, 1.807) is 0 Å². The zero-order valence-electron chi connectivity index (χ0n) is 10.3. The third kappa shape index (κ3) is 5.38. The Hall–Kier alpha value is -1.51. The molecule has 0 heterocycles. The molecule has 0 aromatic heterocycles. The molecule has 0 fully saturated rings. The minimum absolute atomic E-state index is 0.310. The first-order valence-corrected chi connectivity index (χ1v) is 6.16. The number of aryl methyl sites for hydroxylation is 2. The Kier molecular flexibility index (Phi) is 6.15. The lowest BCUT2D eigenvalue weighted by atomic mass is 10.00. The number of carboxylic acid groups (broad SMARTS) is 1. The van der Waals surface area contributed by atoms with Crippen LogP contribution in [0.3, 0.4) is 0 Å². The highest BCUT2D eigenvalue weighted by molar-refractivity contribution is 5.56. The highest BCUT2D eigenvalue weighted by Gasteiger charge is 2.00. The van der Waals surface area contributed by atoms with Gasteiger partial charge >= 0.3 is 6.16 Å². The first-order chi connectivity index (χ1) is 8.24. The van der Waals surface area contributed by atoms with Gasteiger partial charge in [-0.3, -0.25) is 0 Å². The summed E-state index contributed by atoms with van der Waals surface area (Å²) in [7, 11) is 0. The number of ether oxygens (including phenoxy) is 1. The average molecular weight is 236 g/mol. The van der Waals surface area contributed by atoms with Crippen molar-refractivity contribution in [2.24, 2.45) is 0 Å². The van der Waals surface area contributed by atoms with E-state index in [1.807, 2.05) is 0 Å². The second-order valence-corrected chi connectivity index (χ2v) is 4.05. The van der Waals surface area contributed by atoms with Crippen LogP contribution < -0.4 is 0 Å². The Morgan fingerprint density at radius 2 is 1.88 bits per heavy atom. The van der Waals surface area contributed by atoms with E-state index in [4.69, 9.17) is 5.11 Å². The van der Waals surface area contributed by atoms with E-state index in [-0.39, 0.29) is 0 Å². The Morgan fingerprint density at radius 3 is 2.53 bits per heavy atom. The standard InChI is InChI=1S/C14H20O3/c1-2-12-8-5-6-10-13(12)9-4-3-7-11-17-14(15)16/h5-6,8,10H,2-4,7,9,11H2,1H3,(H,15,16). The molecule has 0 saturated heterocycles. The van der Waals surface area contributed by atoms with Crippen molar-refractivity contribution in [2.45, 2.75) is 39.0 Å². The number of unbranched alkanes of at least 4 members (excludes halogenated alkanes) is 2. The van der Waals surface area contributed by atoms with Crippen LogP contribution in [0.5, 0.6) is 0 Å². The predicted molar refractivity (Wildman–Crippen MR) is 67.4 cm³/mol. The quantitative estimate of drug-likeness (QED) is 0.580. The van der Waals surface area contributed by atoms with Gasteiger partial charge in [-0.1, -0.05) is 31.2 Å². The Morgan fingerprint density at radius 1 is 1.18 bits per heavy atom. The number of carbonyl (C=O) groups is 1. The summed E-state index contributed by atoms with van der Waals surface area (Å²) in [4.78, 5) is 10.1. The molecule has 1 aromatic carbocycles. The molecule has 0 bridgehead atoms. The second-order valence-electron chi connectivity index (χ2n) is 4.05. The van der Waals surface area contributed by atoms with Crippen LogP contribution >= 0.6 is 0 Å². The van der Waals surface area contributed by atoms with Crippen LogP contribution in [0.4, 0.5) is 4.79 Å². The minimum atomic E-state index is -1.18. The second kappa shape index (κ2) is 7.71. The van der Waals surface area contributed by atoms with Gasteiger partial charge in [0.25, 0.3) is 0 Å². The van der Waals surface area contributed by atoms with Crippen molar-refractivity contribution in [1.29, 1.82) is 0 Å². The van der Waals surface area contributed by atoms with Gasteiger partial charge in [-0.25, -0.2) is 4.79 Å². The SMILES string of the molecule is CCc1ccccc1CCCCCOC(=O)O. The first-order valence-electron chi connectivity index (χ1n) is 6.16. The van der Waals surface area contributed by atoms with Gasteiger partial charge in [0, 0.05) is 0 Å². The molecule has 1 aromatic rings. The first kappa shape index (κ1) is 13.6. The molecule has 0 radical (unpaired) electrons. The summed E-state index contributed by atoms with van der Waals surface area (Å²) in [6.07, 6.45) is 3.85. The summed E-state index contributed by atoms with van der Waals surface area (Å²) in [5.41, 5.74) is 2.82. The average Bonchev–Trinajstić information content (AvgIpc) is 2.33. The van der Waals surface area contributed by atoms with Gasteiger partial charge in [-0.2, -0.15) is 0 Å². The molecule has 0 spiro atoms. The number of rotatable bonds is 7. The molecule has 0 atom stereocenters. The summed E-state index contributed by atoms with van der Waals surface area (Å²) in [5, 5.41) is 8.29. The summed E-state index contributed by atoms with van der Waals surface area (Å²) in [5.74, 6) is 0. The summed E-state index contributed by atoms with van der Waals surface area (Å²) in [6, 6.07) is 8.49. The van der Waals surface area contributed by atoms with E-state index in [0.717, 1.165) is 32.1 Å². The molecule has 17 heavy (non-hydrogen) atoms. The predicted octanol–water partition coefficient (Wildman–Crippen LogP) is 3.66. The number of hydrogen-bond donors (Lipinski definition) is 1. The van der Waals surface area contributed by atoms with Gasteiger partial charge in [0.15, 0.2) is 0 Å². The van der Waals surface area contributed by atoms with E-state index in [9.17, 15) is 4.79 Å². The maximum Gasteiger partial charge on any atom is 0.505 e. The number of hydrogen-bond acceptors (Lipinski definition) is 2. The van der Waals surface area contributed by atoms with Crippen molar-refractivity contribution < 1.29 is 14.6 Å². The van der Waals surface area contributed by atoms with Crippen molar-refractivity contribution in [1.82, 2.24) is 0 Å². The van der Waals surface area contributed by atoms with Crippen LogP contribution in [-0.2, 0) is 17.6 Å². The molecule has 0 amide bonds. The smallest absolute Gasteiger partial charge is 0.450 e. The van der Waals surface area contributed by atoms with E-state index in [2.05, 4.69) is 35.9 Å². The zero-order valence-corrected chi connectivity index (χ0v) is 10.3. The zero-order chi connectivity index (χ0) is 12.5. The lowest BCUT2D eigenvalue weighted by molar-refractivity contribution is 0.0900. The topological polar surface area (TPSA) is 46.5 Å². The fourth-order valence-corrected chi connectivity index (χ4v) is 1.90. The van der Waals surface area contributed by atoms with Gasteiger partial charge in [0.1, 0.15) is 0 Å². The Labute approximate surface area is 102 Å². The van der Waals surface area contributed by atoms with Crippen molar-refractivity contribution in [3.05, 3.63) is 35.4 Å². The molecule has 3 heteroatoms. The maximum atomic E-state index is 10.1. The van der Waals surface area contributed by atoms with Crippen molar-refractivity contribution >= 4 is 6.16 Å². The Bertz CT molecular complexity index is 347. The van der Waals surface area contributed by atoms with Crippen LogP contribution in [0.25, 0.3) is 0 Å². The highest BCUT2D eigenvalue weighted by atomic mass is 16.7. The summed E-state index contributed by atoms with van der Waals surface area (Å²) >= 11 is 0. The van der Waals surface area contributed by atoms with E-state index in [1.165, 1.54) is 11.1 Å². The monoisotopic (exact) mass is 236 g/mol. The lowest BCUT2D eigenvalue weighted by Crippen LogP contribution is -2.01. The fourth-order valence-electron chi connectivity index (χ4n) is 1.90. The van der Waals surface area contributed by atoms with Crippen molar-refractivity contribution in [2.75, 3.05) is 6.61 Å². The van der Waals surface area contributed by atoms with Crippen molar-refractivity contribution in [3.8, 4) is 0 Å². The van der Waals surface area contributed by atoms with Crippen LogP contribution in [0, 0.1) is 0 Å².